The van der Waals surface area contributed by atoms with Gasteiger partial charge in [-0.25, -0.2) is 4.79 Å². The topological polar surface area (TPSA) is 104 Å². The maximum absolute atomic E-state index is 14.0. The third-order valence-electron chi connectivity index (χ3n) is 7.44. The number of amides is 2. The summed E-state index contributed by atoms with van der Waals surface area (Å²) in [5.74, 6) is 1.12. The van der Waals surface area contributed by atoms with Crippen LogP contribution in [0.4, 0.5) is 4.79 Å². The number of rotatable bonds is 8. The Bertz CT molecular complexity index is 942. The molecule has 0 unspecified atom stereocenters. The van der Waals surface area contributed by atoms with Crippen LogP contribution in [0.2, 0.25) is 0 Å². The first-order chi connectivity index (χ1) is 16.4. The van der Waals surface area contributed by atoms with Gasteiger partial charge in [-0.05, 0) is 85.8 Å². The molecule has 182 valence electrons. The molecule has 0 aromatic heterocycles. The number of phenolic OH excluding ortho intramolecular Hbond substituents is 2. The number of carbonyl (C=O) groups is 1. The van der Waals surface area contributed by atoms with Crippen molar-refractivity contribution in [2.75, 3.05) is 13.1 Å². The van der Waals surface area contributed by atoms with Crippen molar-refractivity contribution in [3.63, 3.8) is 0 Å². The fourth-order valence-corrected chi connectivity index (χ4v) is 5.17. The minimum atomic E-state index is -1.14. The van der Waals surface area contributed by atoms with E-state index in [-0.39, 0.29) is 17.5 Å². The number of carbonyl (C=O) groups excluding carboxylic acids is 1. The highest BCUT2D eigenvalue weighted by Crippen LogP contribution is 2.37. The van der Waals surface area contributed by atoms with Crippen LogP contribution in [0, 0.1) is 11.8 Å². The van der Waals surface area contributed by atoms with Crippen LogP contribution in [-0.4, -0.2) is 73.6 Å². The first-order valence-corrected chi connectivity index (χ1v) is 12.4. The Morgan fingerprint density at radius 3 is 1.47 bits per heavy atom. The molecule has 2 amide bonds. The molecule has 4 N–H and O–H groups in total. The Hall–Kier alpha value is -2.77. The molecular formula is C27H34N2O5. The molecule has 0 bridgehead atoms. The SMILES string of the molecule is O=C1N(CC2CC2)[C@H](Cc2cccc(O)c2)[C@H](O)[C@@H](O)[C@@H](Cc2cccc(O)c2)N1CC1CC1. The van der Waals surface area contributed by atoms with Gasteiger partial charge in [-0.15, -0.1) is 0 Å². The number of aliphatic hydroxyl groups is 2. The molecule has 2 aromatic rings. The molecule has 1 saturated heterocycles. The van der Waals surface area contributed by atoms with Crippen LogP contribution < -0.4 is 0 Å². The maximum atomic E-state index is 14.0. The molecule has 3 aliphatic rings. The average Bonchev–Trinajstić information content (AvgIpc) is 3.73. The highest BCUT2D eigenvalue weighted by atomic mass is 16.3. The minimum Gasteiger partial charge on any atom is -0.508 e. The molecule has 0 radical (unpaired) electrons. The van der Waals surface area contributed by atoms with Gasteiger partial charge in [-0.2, -0.15) is 0 Å². The fraction of sp³-hybridized carbons (Fsp3) is 0.519. The third kappa shape index (κ3) is 5.15. The van der Waals surface area contributed by atoms with Gasteiger partial charge in [0, 0.05) is 13.1 Å². The smallest absolute Gasteiger partial charge is 0.320 e. The van der Waals surface area contributed by atoms with E-state index in [1.54, 1.807) is 46.2 Å². The van der Waals surface area contributed by atoms with Crippen LogP contribution in [0.3, 0.4) is 0 Å². The van der Waals surface area contributed by atoms with Crippen molar-refractivity contribution in [2.45, 2.75) is 62.8 Å². The number of hydrogen-bond donors (Lipinski definition) is 4. The third-order valence-corrected chi connectivity index (χ3v) is 7.44. The quantitative estimate of drug-likeness (QED) is 0.479. The molecule has 5 rings (SSSR count). The van der Waals surface area contributed by atoms with Crippen LogP contribution >= 0.6 is 0 Å². The molecule has 1 aliphatic heterocycles. The monoisotopic (exact) mass is 466 g/mol. The van der Waals surface area contributed by atoms with Gasteiger partial charge in [-0.1, -0.05) is 24.3 Å². The maximum Gasteiger partial charge on any atom is 0.320 e. The average molecular weight is 467 g/mol. The largest absolute Gasteiger partial charge is 0.508 e. The number of urea groups is 1. The van der Waals surface area contributed by atoms with Gasteiger partial charge in [0.2, 0.25) is 0 Å². The molecule has 1 heterocycles. The summed E-state index contributed by atoms with van der Waals surface area (Å²) in [6.45, 7) is 1.12. The standard InChI is InChI=1S/C27H34N2O5/c30-21-5-1-3-19(11-21)13-23-25(32)26(33)24(14-20-4-2-6-22(31)12-20)29(16-18-9-10-18)27(34)28(23)15-17-7-8-17/h1-6,11-12,17-18,23-26,30-33H,7-10,13-16H2/t23-,24-,25+,26+/m1/s1. The Balaban J connectivity index is 1.49. The molecule has 34 heavy (non-hydrogen) atoms. The molecule has 2 aromatic carbocycles. The molecule has 4 atom stereocenters. The summed E-state index contributed by atoms with van der Waals surface area (Å²) in [5, 5.41) is 42.8. The van der Waals surface area contributed by atoms with Crippen molar-refractivity contribution in [3.8, 4) is 11.5 Å². The summed E-state index contributed by atoms with van der Waals surface area (Å²) >= 11 is 0. The Morgan fingerprint density at radius 2 is 1.12 bits per heavy atom. The van der Waals surface area contributed by atoms with E-state index in [9.17, 15) is 25.2 Å². The summed E-state index contributed by atoms with van der Waals surface area (Å²) in [6.07, 6.45) is 2.68. The predicted molar refractivity (Wildman–Crippen MR) is 127 cm³/mol. The highest BCUT2D eigenvalue weighted by Gasteiger charge is 2.48. The van der Waals surface area contributed by atoms with E-state index < -0.39 is 24.3 Å². The van der Waals surface area contributed by atoms with Gasteiger partial charge in [0.25, 0.3) is 0 Å². The van der Waals surface area contributed by atoms with Crippen molar-refractivity contribution in [1.29, 1.82) is 0 Å². The van der Waals surface area contributed by atoms with Gasteiger partial charge >= 0.3 is 6.03 Å². The van der Waals surface area contributed by atoms with Gasteiger partial charge in [0.05, 0.1) is 12.1 Å². The molecule has 2 saturated carbocycles. The van der Waals surface area contributed by atoms with Crippen molar-refractivity contribution in [2.24, 2.45) is 11.8 Å². The lowest BCUT2D eigenvalue weighted by Gasteiger charge is -2.36. The molecule has 7 heteroatoms. The Labute approximate surface area is 200 Å². The van der Waals surface area contributed by atoms with Gasteiger partial charge in [-0.3, -0.25) is 0 Å². The highest BCUT2D eigenvalue weighted by molar-refractivity contribution is 5.76. The van der Waals surface area contributed by atoms with Crippen LogP contribution in [0.5, 0.6) is 11.5 Å². The predicted octanol–water partition coefficient (Wildman–Crippen LogP) is 2.90. The normalized spacial score (nSPS) is 27.6. The molecule has 3 fully saturated rings. The number of benzene rings is 2. The Morgan fingerprint density at radius 1 is 0.706 bits per heavy atom. The van der Waals surface area contributed by atoms with Crippen molar-refractivity contribution < 1.29 is 25.2 Å². The first-order valence-electron chi connectivity index (χ1n) is 12.4. The first kappa shape index (κ1) is 23.0. The molecule has 2 aliphatic carbocycles. The van der Waals surface area contributed by atoms with Crippen molar-refractivity contribution >= 4 is 6.03 Å². The number of aromatic hydroxyl groups is 2. The number of hydrogen-bond acceptors (Lipinski definition) is 5. The summed E-state index contributed by atoms with van der Waals surface area (Å²) in [6, 6.07) is 12.4. The lowest BCUT2D eigenvalue weighted by Crippen LogP contribution is -2.52. The van der Waals surface area contributed by atoms with Gasteiger partial charge in [0.1, 0.15) is 23.7 Å². The molecule has 7 nitrogen and oxygen atoms in total. The van der Waals surface area contributed by atoms with Gasteiger partial charge in [0.15, 0.2) is 0 Å². The summed E-state index contributed by atoms with van der Waals surface area (Å²) in [5.41, 5.74) is 1.62. The second-order valence-electron chi connectivity index (χ2n) is 10.3. The lowest BCUT2D eigenvalue weighted by molar-refractivity contribution is -0.0401. The van der Waals surface area contributed by atoms with Gasteiger partial charge < -0.3 is 30.2 Å². The Kier molecular flexibility index (Phi) is 6.40. The number of aliphatic hydroxyl groups excluding tert-OH is 2. The van der Waals surface area contributed by atoms with Crippen molar-refractivity contribution in [3.05, 3.63) is 59.7 Å². The van der Waals surface area contributed by atoms with E-state index in [4.69, 9.17) is 0 Å². The van der Waals surface area contributed by atoms with E-state index in [2.05, 4.69) is 0 Å². The van der Waals surface area contributed by atoms with E-state index >= 15 is 0 Å². The van der Waals surface area contributed by atoms with E-state index in [1.807, 2.05) is 12.1 Å². The van der Waals surface area contributed by atoms with E-state index in [1.165, 1.54) is 0 Å². The molecule has 0 spiro atoms. The summed E-state index contributed by atoms with van der Waals surface area (Å²) in [4.78, 5) is 17.6. The number of phenols is 2. The van der Waals surface area contributed by atoms with Crippen LogP contribution in [0.25, 0.3) is 0 Å². The van der Waals surface area contributed by atoms with E-state index in [0.717, 1.165) is 36.8 Å². The minimum absolute atomic E-state index is 0.135. The van der Waals surface area contributed by atoms with E-state index in [0.29, 0.717) is 37.8 Å². The zero-order valence-electron chi connectivity index (χ0n) is 19.3. The zero-order chi connectivity index (χ0) is 23.8. The lowest BCUT2D eigenvalue weighted by atomic mass is 9.91. The summed E-state index contributed by atoms with van der Waals surface area (Å²) in [7, 11) is 0. The zero-order valence-corrected chi connectivity index (χ0v) is 19.3. The number of nitrogens with zero attached hydrogens (tertiary/aromatic N) is 2. The van der Waals surface area contributed by atoms with Crippen LogP contribution in [0.1, 0.15) is 36.8 Å². The van der Waals surface area contributed by atoms with Crippen LogP contribution in [-0.2, 0) is 12.8 Å². The summed E-state index contributed by atoms with van der Waals surface area (Å²) < 4.78 is 0. The second kappa shape index (κ2) is 9.47. The van der Waals surface area contributed by atoms with Crippen molar-refractivity contribution in [1.82, 2.24) is 9.80 Å². The van der Waals surface area contributed by atoms with Crippen LogP contribution in [0.15, 0.2) is 48.5 Å². The molecular weight excluding hydrogens is 432 g/mol. The second-order valence-corrected chi connectivity index (χ2v) is 10.3. The fourth-order valence-electron chi connectivity index (χ4n) is 5.17.